The van der Waals surface area contributed by atoms with Crippen molar-refractivity contribution in [2.75, 3.05) is 18.6 Å². The average molecular weight is 653 g/mol. The highest BCUT2D eigenvalue weighted by atomic mass is 32.2. The Bertz CT molecular complexity index is 1090. The summed E-state index contributed by atoms with van der Waals surface area (Å²) in [5.74, 6) is -1.19. The summed E-state index contributed by atoms with van der Waals surface area (Å²) in [6, 6.07) is -0.126. The van der Waals surface area contributed by atoms with Crippen LogP contribution in [0.2, 0.25) is 0 Å². The number of thioether (sulfide) groups is 1. The van der Waals surface area contributed by atoms with Gasteiger partial charge in [0.2, 0.25) is 23.6 Å². The Kier molecular flexibility index (Phi) is 17.8. The second-order valence-electron chi connectivity index (χ2n) is 13.7. The first kappa shape index (κ1) is 40.4. The molecule has 0 unspecified atom stereocenters. The van der Waals surface area contributed by atoms with Crippen molar-refractivity contribution in [1.82, 2.24) is 31.0 Å². The largest absolute Gasteiger partial charge is 0.391 e. The predicted molar refractivity (Wildman–Crippen MR) is 182 cm³/mol. The number of carbonyl (C=O) groups is 4. The lowest BCUT2D eigenvalue weighted by atomic mass is 9.91. The first-order valence-electron chi connectivity index (χ1n) is 16.3. The van der Waals surface area contributed by atoms with Crippen molar-refractivity contribution < 1.29 is 24.3 Å². The van der Waals surface area contributed by atoms with Gasteiger partial charge in [-0.15, -0.1) is 0 Å². The third kappa shape index (κ3) is 14.6. The van der Waals surface area contributed by atoms with Crippen LogP contribution in [0.5, 0.6) is 0 Å². The predicted octanol–water partition coefficient (Wildman–Crippen LogP) is 3.20. The molecule has 1 heterocycles. The van der Waals surface area contributed by atoms with Gasteiger partial charge in [-0.2, -0.15) is 16.9 Å². The number of aryl methyl sites for hydroxylation is 2. The minimum absolute atomic E-state index is 0.101. The van der Waals surface area contributed by atoms with Crippen molar-refractivity contribution in [2.24, 2.45) is 29.6 Å². The first-order valence-corrected chi connectivity index (χ1v) is 17.7. The molecular weight excluding hydrogens is 592 g/mol. The molecule has 0 bridgehead atoms. The number of nitrogens with zero attached hydrogens (tertiary/aromatic N) is 2. The van der Waals surface area contributed by atoms with Crippen LogP contribution in [0.15, 0.2) is 6.07 Å². The van der Waals surface area contributed by atoms with Crippen LogP contribution < -0.4 is 21.3 Å². The molecule has 5 N–H and O–H groups in total. The fraction of sp³-hybridized carbons (Fsp3) is 0.788. The number of rotatable bonds is 20. The molecule has 0 saturated heterocycles. The summed E-state index contributed by atoms with van der Waals surface area (Å²) >= 11 is 1.58. The highest BCUT2D eigenvalue weighted by molar-refractivity contribution is 7.98. The Balaban J connectivity index is 2.95. The third-order valence-electron chi connectivity index (χ3n) is 7.73. The number of aliphatic hydroxyl groups is 1. The van der Waals surface area contributed by atoms with E-state index in [4.69, 9.17) is 0 Å². The second-order valence-corrected chi connectivity index (χ2v) is 14.7. The fourth-order valence-corrected chi connectivity index (χ4v) is 5.47. The maximum atomic E-state index is 13.6. The zero-order chi connectivity index (χ0) is 34.4. The SMILES string of the molecule is CSCC[C@H](NC(=O)[C@H](C)Cn1nc(C)cc1C)C(=O)N[C@@H](CC(C)C)[C@@H](O)C[C@@H](C)C(=O)N[C@H](C(=O)NCC(C)C)C(C)C. The second kappa shape index (κ2) is 19.8. The number of amides is 4. The molecule has 0 saturated carbocycles. The number of hydrogen-bond acceptors (Lipinski definition) is 7. The highest BCUT2D eigenvalue weighted by Gasteiger charge is 2.32. The van der Waals surface area contributed by atoms with Crippen LogP contribution in [-0.4, -0.2) is 81.3 Å². The van der Waals surface area contributed by atoms with Crippen LogP contribution in [0.1, 0.15) is 86.0 Å². The van der Waals surface area contributed by atoms with Gasteiger partial charge in [-0.05, 0) is 68.9 Å². The summed E-state index contributed by atoms with van der Waals surface area (Å²) in [5, 5.41) is 27.4. The summed E-state index contributed by atoms with van der Waals surface area (Å²) in [6.45, 7) is 20.0. The number of nitrogens with one attached hydrogen (secondary N) is 4. The van der Waals surface area contributed by atoms with Gasteiger partial charge in [0.25, 0.3) is 0 Å². The van der Waals surface area contributed by atoms with E-state index >= 15 is 0 Å². The zero-order valence-corrected chi connectivity index (χ0v) is 30.2. The summed E-state index contributed by atoms with van der Waals surface area (Å²) < 4.78 is 1.80. The first-order chi connectivity index (χ1) is 21.0. The van der Waals surface area contributed by atoms with Gasteiger partial charge in [-0.25, -0.2) is 0 Å². The van der Waals surface area contributed by atoms with Crippen LogP contribution in [-0.2, 0) is 25.7 Å². The minimum Gasteiger partial charge on any atom is -0.391 e. The van der Waals surface area contributed by atoms with Gasteiger partial charge in [0.1, 0.15) is 12.1 Å². The van der Waals surface area contributed by atoms with Crippen LogP contribution >= 0.6 is 11.8 Å². The van der Waals surface area contributed by atoms with Crippen molar-refractivity contribution in [3.05, 3.63) is 17.5 Å². The van der Waals surface area contributed by atoms with Crippen LogP contribution in [0.3, 0.4) is 0 Å². The normalized spacial score (nSPS) is 15.7. The average Bonchev–Trinajstić information content (AvgIpc) is 3.26. The van der Waals surface area contributed by atoms with E-state index < -0.39 is 36.1 Å². The molecule has 0 spiro atoms. The van der Waals surface area contributed by atoms with Crippen molar-refractivity contribution >= 4 is 35.4 Å². The van der Waals surface area contributed by atoms with Crippen LogP contribution in [0.4, 0.5) is 0 Å². The molecule has 0 fully saturated rings. The molecule has 0 radical (unpaired) electrons. The van der Waals surface area contributed by atoms with Gasteiger partial charge in [0.15, 0.2) is 0 Å². The third-order valence-corrected chi connectivity index (χ3v) is 8.38. The Morgan fingerprint density at radius 2 is 1.47 bits per heavy atom. The van der Waals surface area contributed by atoms with E-state index in [1.54, 1.807) is 23.4 Å². The molecule has 0 aliphatic carbocycles. The Morgan fingerprint density at radius 3 is 1.98 bits per heavy atom. The molecule has 45 heavy (non-hydrogen) atoms. The molecule has 12 heteroatoms. The summed E-state index contributed by atoms with van der Waals surface area (Å²) in [7, 11) is 0. The van der Waals surface area contributed by atoms with Gasteiger partial charge in [0, 0.05) is 18.2 Å². The Morgan fingerprint density at radius 1 is 0.844 bits per heavy atom. The summed E-state index contributed by atoms with van der Waals surface area (Å²) in [6.07, 6.45) is 1.96. The molecule has 1 aromatic heterocycles. The Hall–Kier alpha value is -2.60. The van der Waals surface area contributed by atoms with Gasteiger partial charge in [-0.1, -0.05) is 55.4 Å². The molecule has 11 nitrogen and oxygen atoms in total. The maximum Gasteiger partial charge on any atom is 0.242 e. The topological polar surface area (TPSA) is 154 Å². The molecule has 258 valence electrons. The minimum atomic E-state index is -1.01. The molecule has 0 aliphatic heterocycles. The molecule has 1 aromatic rings. The number of aliphatic hydroxyl groups excluding tert-OH is 1. The van der Waals surface area contributed by atoms with Gasteiger partial charge < -0.3 is 26.4 Å². The van der Waals surface area contributed by atoms with Crippen molar-refractivity contribution in [3.63, 3.8) is 0 Å². The van der Waals surface area contributed by atoms with Crippen molar-refractivity contribution in [2.45, 2.75) is 119 Å². The van der Waals surface area contributed by atoms with E-state index in [0.717, 1.165) is 11.4 Å². The van der Waals surface area contributed by atoms with Gasteiger partial charge in [-0.3, -0.25) is 23.9 Å². The zero-order valence-electron chi connectivity index (χ0n) is 29.4. The number of carbonyl (C=O) groups excluding carboxylic acids is 4. The van der Waals surface area contributed by atoms with E-state index in [-0.39, 0.29) is 47.8 Å². The molecular formula is C33H60N6O5S. The molecule has 0 aromatic carbocycles. The van der Waals surface area contributed by atoms with E-state index in [1.807, 2.05) is 74.6 Å². The summed E-state index contributed by atoms with van der Waals surface area (Å²) in [4.78, 5) is 52.6. The van der Waals surface area contributed by atoms with Crippen molar-refractivity contribution in [1.29, 1.82) is 0 Å². The monoisotopic (exact) mass is 652 g/mol. The Labute approximate surface area is 275 Å². The molecule has 4 amide bonds. The fourth-order valence-electron chi connectivity index (χ4n) is 5.00. The lowest BCUT2D eigenvalue weighted by Crippen LogP contribution is -2.54. The number of hydrogen-bond donors (Lipinski definition) is 5. The summed E-state index contributed by atoms with van der Waals surface area (Å²) in [5.41, 5.74) is 1.84. The van der Waals surface area contributed by atoms with E-state index in [9.17, 15) is 24.3 Å². The van der Waals surface area contributed by atoms with Crippen molar-refractivity contribution in [3.8, 4) is 0 Å². The lowest BCUT2D eigenvalue weighted by molar-refractivity contribution is -0.133. The van der Waals surface area contributed by atoms with E-state index in [1.165, 1.54) is 0 Å². The lowest BCUT2D eigenvalue weighted by Gasteiger charge is -2.30. The highest BCUT2D eigenvalue weighted by Crippen LogP contribution is 2.17. The van der Waals surface area contributed by atoms with E-state index in [0.29, 0.717) is 31.7 Å². The smallest absolute Gasteiger partial charge is 0.242 e. The standard InChI is InChI=1S/C33H60N6O5S/c1-19(2)14-27(28(40)15-22(7)30(41)37-29(21(5)6)33(44)34-17-20(3)4)36-32(43)26(12-13-45-11)35-31(42)23(8)18-39-25(10)16-24(9)38-39/h16,19-23,26-29,40H,12-15,17-18H2,1-11H3,(H,34,44)(H,35,42)(H,36,43)(H,37,41)/t22-,23-,26+,27+,28+,29+/m1/s1. The van der Waals surface area contributed by atoms with Crippen LogP contribution in [0, 0.1) is 43.4 Å². The quantitative estimate of drug-likeness (QED) is 0.145. The van der Waals surface area contributed by atoms with E-state index in [2.05, 4.69) is 26.4 Å². The molecule has 6 atom stereocenters. The molecule has 0 aliphatic rings. The van der Waals surface area contributed by atoms with Gasteiger partial charge >= 0.3 is 0 Å². The van der Waals surface area contributed by atoms with Gasteiger partial charge in [0.05, 0.1) is 30.3 Å². The van der Waals surface area contributed by atoms with Crippen LogP contribution in [0.25, 0.3) is 0 Å². The maximum absolute atomic E-state index is 13.6. The molecule has 1 rings (SSSR count). The number of aromatic nitrogens is 2.